The molecule has 26 heavy (non-hydrogen) atoms. The number of likely N-dealkylation sites (tertiary alicyclic amines) is 1. The van der Waals surface area contributed by atoms with Gasteiger partial charge in [-0.2, -0.15) is 17.4 Å². The first-order valence-corrected chi connectivity index (χ1v) is 10.9. The molecule has 2 aliphatic rings. The Hall–Kier alpha value is -1.41. The van der Waals surface area contributed by atoms with Crippen molar-refractivity contribution < 1.29 is 8.42 Å². The first kappa shape index (κ1) is 18.0. The number of hydrogen-bond acceptors (Lipinski definition) is 3. The minimum atomic E-state index is -3.43. The number of nitrogens with zero attached hydrogens (tertiary/aromatic N) is 2. The number of aromatic amines is 1. The van der Waals surface area contributed by atoms with Crippen molar-refractivity contribution in [2.75, 3.05) is 27.2 Å². The van der Waals surface area contributed by atoms with Gasteiger partial charge < -0.3 is 4.98 Å². The summed E-state index contributed by atoms with van der Waals surface area (Å²) in [5.74, 6) is 0.358. The summed E-state index contributed by atoms with van der Waals surface area (Å²) in [6.07, 6.45) is 5.10. The molecule has 2 N–H and O–H groups in total. The standard InChI is InChI=1S/C19H28N4O2S/c1-4-8-23-12-14(21-26(24,25)22(2)3)10-16-15-6-5-7-17-19(15)13(11-20-17)9-18(16)23/h5-7,11,14,16,18,20-21H,4,8-10,12H2,1-3H3/t14?,16-,18-/m1/s1. The van der Waals surface area contributed by atoms with Crippen molar-refractivity contribution in [3.05, 3.63) is 35.5 Å². The predicted molar refractivity (Wildman–Crippen MR) is 105 cm³/mol. The normalized spacial score (nSPS) is 26.4. The van der Waals surface area contributed by atoms with Crippen LogP contribution in [0.1, 0.15) is 36.8 Å². The number of piperidine rings is 1. The van der Waals surface area contributed by atoms with Gasteiger partial charge in [0.25, 0.3) is 10.2 Å². The number of rotatable bonds is 5. The Labute approximate surface area is 155 Å². The second-order valence-corrected chi connectivity index (χ2v) is 9.71. The first-order chi connectivity index (χ1) is 12.4. The van der Waals surface area contributed by atoms with Crippen molar-refractivity contribution in [1.29, 1.82) is 0 Å². The van der Waals surface area contributed by atoms with E-state index in [1.807, 2.05) is 0 Å². The van der Waals surface area contributed by atoms with E-state index in [2.05, 4.69) is 45.9 Å². The van der Waals surface area contributed by atoms with Crippen LogP contribution in [0.15, 0.2) is 24.4 Å². The quantitative estimate of drug-likeness (QED) is 0.839. The number of H-pyrrole nitrogens is 1. The average molecular weight is 377 g/mol. The van der Waals surface area contributed by atoms with Crippen LogP contribution in [0.3, 0.4) is 0 Å². The smallest absolute Gasteiger partial charge is 0.279 e. The molecule has 1 saturated heterocycles. The lowest BCUT2D eigenvalue weighted by Crippen LogP contribution is -2.57. The minimum absolute atomic E-state index is 0.0639. The van der Waals surface area contributed by atoms with E-state index in [1.54, 1.807) is 14.1 Å². The lowest BCUT2D eigenvalue weighted by Gasteiger charge is -2.47. The second-order valence-electron chi connectivity index (χ2n) is 7.79. The Kier molecular flexibility index (Phi) is 4.59. The van der Waals surface area contributed by atoms with Crippen molar-refractivity contribution in [2.45, 2.75) is 44.2 Å². The van der Waals surface area contributed by atoms with Crippen LogP contribution < -0.4 is 4.72 Å². The molecule has 142 valence electrons. The third kappa shape index (κ3) is 2.97. The highest BCUT2D eigenvalue weighted by Crippen LogP contribution is 2.43. The number of benzene rings is 1. The summed E-state index contributed by atoms with van der Waals surface area (Å²) in [6.45, 7) is 3.96. The molecule has 0 amide bonds. The van der Waals surface area contributed by atoms with Crippen LogP contribution in [-0.2, 0) is 16.6 Å². The molecular formula is C19H28N4O2S. The molecule has 1 aliphatic heterocycles. The largest absolute Gasteiger partial charge is 0.361 e. The summed E-state index contributed by atoms with van der Waals surface area (Å²) in [5, 5.41) is 1.35. The lowest BCUT2D eigenvalue weighted by molar-refractivity contribution is 0.105. The second kappa shape index (κ2) is 6.64. The van der Waals surface area contributed by atoms with Crippen LogP contribution in [0.25, 0.3) is 10.9 Å². The average Bonchev–Trinajstić information content (AvgIpc) is 3.00. The van der Waals surface area contributed by atoms with Crippen molar-refractivity contribution in [3.8, 4) is 0 Å². The van der Waals surface area contributed by atoms with Gasteiger partial charge in [-0.1, -0.05) is 19.1 Å². The summed E-state index contributed by atoms with van der Waals surface area (Å²) in [4.78, 5) is 5.90. The Balaban J connectivity index is 1.70. The van der Waals surface area contributed by atoms with Crippen LogP contribution in [0.2, 0.25) is 0 Å². The summed E-state index contributed by atoms with van der Waals surface area (Å²) in [6, 6.07) is 6.85. The minimum Gasteiger partial charge on any atom is -0.361 e. The zero-order valence-electron chi connectivity index (χ0n) is 15.7. The molecule has 2 heterocycles. The third-order valence-corrected chi connectivity index (χ3v) is 7.47. The van der Waals surface area contributed by atoms with E-state index >= 15 is 0 Å². The molecule has 1 fully saturated rings. The highest BCUT2D eigenvalue weighted by molar-refractivity contribution is 7.87. The van der Waals surface area contributed by atoms with Gasteiger partial charge in [-0.3, -0.25) is 4.90 Å². The van der Waals surface area contributed by atoms with Crippen LogP contribution in [-0.4, -0.2) is 61.9 Å². The number of hydrogen-bond donors (Lipinski definition) is 2. The van der Waals surface area contributed by atoms with Gasteiger partial charge in [0, 0.05) is 55.7 Å². The summed E-state index contributed by atoms with van der Waals surface area (Å²) in [5.41, 5.74) is 3.95. The van der Waals surface area contributed by atoms with Crippen molar-refractivity contribution in [1.82, 2.24) is 18.9 Å². The number of aromatic nitrogens is 1. The monoisotopic (exact) mass is 376 g/mol. The molecule has 0 spiro atoms. The Morgan fingerprint density at radius 3 is 2.88 bits per heavy atom. The van der Waals surface area contributed by atoms with Crippen LogP contribution in [0.5, 0.6) is 0 Å². The van der Waals surface area contributed by atoms with Gasteiger partial charge in [0.15, 0.2) is 0 Å². The van der Waals surface area contributed by atoms with Crippen LogP contribution in [0, 0.1) is 0 Å². The highest BCUT2D eigenvalue weighted by atomic mass is 32.2. The molecule has 1 aromatic carbocycles. The maximum atomic E-state index is 12.4. The molecule has 1 aromatic heterocycles. The van der Waals surface area contributed by atoms with Gasteiger partial charge in [0.2, 0.25) is 0 Å². The molecule has 0 saturated carbocycles. The van der Waals surface area contributed by atoms with Gasteiger partial charge in [-0.15, -0.1) is 0 Å². The van der Waals surface area contributed by atoms with Gasteiger partial charge in [-0.05, 0) is 43.0 Å². The van der Waals surface area contributed by atoms with E-state index < -0.39 is 10.2 Å². The van der Waals surface area contributed by atoms with E-state index in [0.29, 0.717) is 12.0 Å². The van der Waals surface area contributed by atoms with Crippen molar-refractivity contribution in [3.63, 3.8) is 0 Å². The molecule has 1 unspecified atom stereocenters. The fourth-order valence-corrected chi connectivity index (χ4v) is 5.55. The summed E-state index contributed by atoms with van der Waals surface area (Å²) in [7, 11) is -0.276. The number of nitrogens with one attached hydrogen (secondary N) is 2. The lowest BCUT2D eigenvalue weighted by atomic mass is 9.74. The van der Waals surface area contributed by atoms with E-state index in [0.717, 1.165) is 32.4 Å². The van der Waals surface area contributed by atoms with Crippen molar-refractivity contribution >= 4 is 21.1 Å². The molecule has 0 bridgehead atoms. The molecule has 1 aliphatic carbocycles. The first-order valence-electron chi connectivity index (χ1n) is 9.43. The molecule has 7 heteroatoms. The van der Waals surface area contributed by atoms with Gasteiger partial charge in [0.05, 0.1) is 0 Å². The Morgan fingerprint density at radius 1 is 1.35 bits per heavy atom. The molecule has 2 aromatic rings. The van der Waals surface area contributed by atoms with Gasteiger partial charge in [-0.25, -0.2) is 0 Å². The molecule has 0 radical (unpaired) electrons. The fourth-order valence-electron chi connectivity index (χ4n) is 4.74. The highest BCUT2D eigenvalue weighted by Gasteiger charge is 2.41. The number of fused-ring (bicyclic) bond motifs is 2. The SMILES string of the molecule is CCCN1CC(NS(=O)(=O)N(C)C)C[C@@H]2c3cccc4[nH]cc(c34)C[C@H]21. The van der Waals surface area contributed by atoms with E-state index in [9.17, 15) is 8.42 Å². The fraction of sp³-hybridized carbons (Fsp3) is 0.579. The summed E-state index contributed by atoms with van der Waals surface area (Å²) >= 11 is 0. The van der Waals surface area contributed by atoms with Crippen LogP contribution in [0.4, 0.5) is 0 Å². The molecular weight excluding hydrogens is 348 g/mol. The zero-order chi connectivity index (χ0) is 18.5. The zero-order valence-corrected chi connectivity index (χ0v) is 16.5. The predicted octanol–water partition coefficient (Wildman–Crippen LogP) is 2.06. The van der Waals surface area contributed by atoms with Gasteiger partial charge in [0.1, 0.15) is 0 Å². The van der Waals surface area contributed by atoms with E-state index in [1.165, 1.54) is 26.3 Å². The van der Waals surface area contributed by atoms with Gasteiger partial charge >= 0.3 is 0 Å². The maximum absolute atomic E-state index is 12.4. The molecule has 3 atom stereocenters. The van der Waals surface area contributed by atoms with Crippen LogP contribution >= 0.6 is 0 Å². The Morgan fingerprint density at radius 2 is 2.15 bits per heavy atom. The topological polar surface area (TPSA) is 68.4 Å². The third-order valence-electron chi connectivity index (χ3n) is 5.88. The molecule has 4 rings (SSSR count). The van der Waals surface area contributed by atoms with E-state index in [4.69, 9.17) is 0 Å². The van der Waals surface area contributed by atoms with Crippen molar-refractivity contribution in [2.24, 2.45) is 0 Å². The van der Waals surface area contributed by atoms with E-state index in [-0.39, 0.29) is 6.04 Å². The summed E-state index contributed by atoms with van der Waals surface area (Å²) < 4.78 is 28.9. The molecule has 6 nitrogen and oxygen atoms in total. The maximum Gasteiger partial charge on any atom is 0.279 e. The Bertz CT molecular complexity index is 905.